The third-order valence-electron chi connectivity index (χ3n) is 4.07. The van der Waals surface area contributed by atoms with Gasteiger partial charge in [0.05, 0.1) is 22.4 Å². The van der Waals surface area contributed by atoms with E-state index >= 15 is 0 Å². The van der Waals surface area contributed by atoms with Crippen LogP contribution in [0, 0.1) is 0 Å². The van der Waals surface area contributed by atoms with Crippen molar-refractivity contribution in [2.45, 2.75) is 18.9 Å². The Morgan fingerprint density at radius 3 is 2.54 bits per heavy atom. The number of piperidine rings is 1. The van der Waals surface area contributed by atoms with Gasteiger partial charge in [0.1, 0.15) is 0 Å². The van der Waals surface area contributed by atoms with Crippen LogP contribution in [0.15, 0.2) is 34.9 Å². The van der Waals surface area contributed by atoms with Gasteiger partial charge in [-0.15, -0.1) is 11.3 Å². The van der Waals surface area contributed by atoms with E-state index in [9.17, 15) is 18.0 Å². The molecule has 8 nitrogen and oxygen atoms in total. The van der Waals surface area contributed by atoms with Crippen LogP contribution in [-0.2, 0) is 10.0 Å². The molecule has 0 aromatic carbocycles. The molecule has 2 amide bonds. The number of carbonyl (C=O) groups excluding carboxylic acids is 2. The van der Waals surface area contributed by atoms with Crippen molar-refractivity contribution in [3.63, 3.8) is 0 Å². The molecule has 0 atom stereocenters. The Morgan fingerprint density at radius 1 is 1.19 bits per heavy atom. The van der Waals surface area contributed by atoms with E-state index in [-0.39, 0.29) is 23.6 Å². The van der Waals surface area contributed by atoms with Gasteiger partial charge in [-0.1, -0.05) is 0 Å². The van der Waals surface area contributed by atoms with Crippen LogP contribution >= 0.6 is 11.3 Å². The van der Waals surface area contributed by atoms with Gasteiger partial charge in [-0.05, 0) is 37.1 Å². The quantitative estimate of drug-likeness (QED) is 0.799. The number of rotatable bonds is 5. The number of nitrogens with zero attached hydrogens (tertiary/aromatic N) is 1. The van der Waals surface area contributed by atoms with Gasteiger partial charge in [0.15, 0.2) is 5.76 Å². The maximum Gasteiger partial charge on any atom is 0.291 e. The van der Waals surface area contributed by atoms with Crippen molar-refractivity contribution < 1.29 is 22.4 Å². The molecule has 3 heterocycles. The highest BCUT2D eigenvalue weighted by Gasteiger charge is 2.26. The van der Waals surface area contributed by atoms with Crippen molar-refractivity contribution in [1.29, 1.82) is 0 Å². The Morgan fingerprint density at radius 2 is 1.92 bits per heavy atom. The number of sulfonamides is 1. The summed E-state index contributed by atoms with van der Waals surface area (Å²) >= 11 is 1.17. The number of furan rings is 1. The van der Waals surface area contributed by atoms with Crippen LogP contribution in [0.2, 0.25) is 0 Å². The van der Waals surface area contributed by atoms with E-state index < -0.39 is 10.0 Å². The molecule has 3 rings (SSSR count). The molecule has 0 unspecified atom stereocenters. The van der Waals surface area contributed by atoms with E-state index in [4.69, 9.17) is 4.42 Å². The first-order valence-electron chi connectivity index (χ1n) is 8.03. The second-order valence-corrected chi connectivity index (χ2v) is 9.07. The van der Waals surface area contributed by atoms with Crippen LogP contribution in [0.5, 0.6) is 0 Å². The van der Waals surface area contributed by atoms with Crippen molar-refractivity contribution in [3.8, 4) is 0 Å². The van der Waals surface area contributed by atoms with Crippen LogP contribution in [-0.4, -0.2) is 49.9 Å². The minimum absolute atomic E-state index is 0.0660. The Hall–Kier alpha value is -2.17. The standard InChI is InChI=1S/C16H19N3O5S2/c1-26(22,23)19-8-6-11(7-9-19)17-16(21)13-4-5-14(25-13)18-15(20)12-3-2-10-24-12/h2-5,10-11H,6-9H2,1H3,(H,17,21)(H,18,20). The number of hydrogen-bond acceptors (Lipinski definition) is 6. The van der Waals surface area contributed by atoms with Gasteiger partial charge in [-0.3, -0.25) is 9.59 Å². The fourth-order valence-electron chi connectivity index (χ4n) is 2.70. The van der Waals surface area contributed by atoms with Gasteiger partial charge >= 0.3 is 0 Å². The first kappa shape index (κ1) is 18.6. The summed E-state index contributed by atoms with van der Waals surface area (Å²) in [6, 6.07) is 6.41. The molecule has 1 fully saturated rings. The van der Waals surface area contributed by atoms with E-state index in [1.807, 2.05) is 0 Å². The van der Waals surface area contributed by atoms with E-state index in [1.165, 1.54) is 28.2 Å². The predicted molar refractivity (Wildman–Crippen MR) is 97.9 cm³/mol. The highest BCUT2D eigenvalue weighted by Crippen LogP contribution is 2.23. The molecule has 1 aliphatic rings. The summed E-state index contributed by atoms with van der Waals surface area (Å²) in [6.45, 7) is 0.803. The maximum atomic E-state index is 12.4. The van der Waals surface area contributed by atoms with E-state index in [1.54, 1.807) is 24.3 Å². The monoisotopic (exact) mass is 397 g/mol. The Kier molecular flexibility index (Phi) is 5.44. The molecule has 0 bridgehead atoms. The van der Waals surface area contributed by atoms with Gasteiger partial charge in [0, 0.05) is 19.1 Å². The number of thiophene rings is 1. The fraction of sp³-hybridized carbons (Fsp3) is 0.375. The van der Waals surface area contributed by atoms with E-state index in [2.05, 4.69) is 10.6 Å². The average Bonchev–Trinajstić information content (AvgIpc) is 3.26. The first-order valence-corrected chi connectivity index (χ1v) is 10.7. The van der Waals surface area contributed by atoms with E-state index in [0.29, 0.717) is 35.8 Å². The van der Waals surface area contributed by atoms with Crippen LogP contribution in [0.3, 0.4) is 0 Å². The molecule has 2 N–H and O–H groups in total. The lowest BCUT2D eigenvalue weighted by molar-refractivity contribution is 0.0927. The van der Waals surface area contributed by atoms with Crippen molar-refractivity contribution >= 4 is 38.2 Å². The minimum atomic E-state index is -3.18. The fourth-order valence-corrected chi connectivity index (χ4v) is 4.38. The normalized spacial score (nSPS) is 16.3. The lowest BCUT2D eigenvalue weighted by Crippen LogP contribution is -2.46. The van der Waals surface area contributed by atoms with Crippen molar-refractivity contribution in [3.05, 3.63) is 41.2 Å². The van der Waals surface area contributed by atoms with Crippen LogP contribution in [0.1, 0.15) is 33.1 Å². The molecule has 10 heteroatoms. The van der Waals surface area contributed by atoms with E-state index in [0.717, 1.165) is 0 Å². The number of carbonyl (C=O) groups is 2. The third-order valence-corrected chi connectivity index (χ3v) is 6.37. The van der Waals surface area contributed by atoms with Crippen LogP contribution in [0.25, 0.3) is 0 Å². The van der Waals surface area contributed by atoms with Gasteiger partial charge in [-0.2, -0.15) is 0 Å². The molecular formula is C16H19N3O5S2. The molecule has 0 aliphatic carbocycles. The lowest BCUT2D eigenvalue weighted by Gasteiger charge is -2.30. The topological polar surface area (TPSA) is 109 Å². The zero-order valence-electron chi connectivity index (χ0n) is 14.1. The summed E-state index contributed by atoms with van der Waals surface area (Å²) in [6.07, 6.45) is 3.76. The summed E-state index contributed by atoms with van der Waals surface area (Å²) < 4.78 is 29.5. The van der Waals surface area contributed by atoms with Crippen LogP contribution in [0.4, 0.5) is 5.00 Å². The maximum absolute atomic E-state index is 12.4. The average molecular weight is 397 g/mol. The zero-order valence-corrected chi connectivity index (χ0v) is 15.7. The second-order valence-electron chi connectivity index (χ2n) is 6.01. The molecule has 2 aromatic heterocycles. The third kappa shape index (κ3) is 4.51. The molecule has 1 aliphatic heterocycles. The first-order chi connectivity index (χ1) is 12.3. The Balaban J connectivity index is 1.53. The number of amides is 2. The van der Waals surface area contributed by atoms with Crippen molar-refractivity contribution in [2.75, 3.05) is 24.7 Å². The molecule has 0 radical (unpaired) electrons. The lowest BCUT2D eigenvalue weighted by atomic mass is 10.1. The number of anilines is 1. The second kappa shape index (κ2) is 7.60. The molecule has 140 valence electrons. The summed E-state index contributed by atoms with van der Waals surface area (Å²) in [4.78, 5) is 24.8. The van der Waals surface area contributed by atoms with Crippen molar-refractivity contribution in [1.82, 2.24) is 9.62 Å². The van der Waals surface area contributed by atoms with Gasteiger partial charge in [-0.25, -0.2) is 12.7 Å². The van der Waals surface area contributed by atoms with Crippen LogP contribution < -0.4 is 10.6 Å². The summed E-state index contributed by atoms with van der Waals surface area (Å²) in [5.74, 6) is -0.412. The highest BCUT2D eigenvalue weighted by atomic mass is 32.2. The molecule has 0 saturated carbocycles. The Bertz CT molecular complexity index is 881. The molecular weight excluding hydrogens is 378 g/mol. The predicted octanol–water partition coefficient (Wildman–Crippen LogP) is 1.75. The molecule has 1 saturated heterocycles. The Labute approximate surface area is 155 Å². The molecule has 26 heavy (non-hydrogen) atoms. The van der Waals surface area contributed by atoms with Gasteiger partial charge < -0.3 is 15.1 Å². The zero-order chi connectivity index (χ0) is 18.7. The number of nitrogens with one attached hydrogen (secondary N) is 2. The van der Waals surface area contributed by atoms with Gasteiger partial charge in [0.2, 0.25) is 10.0 Å². The minimum Gasteiger partial charge on any atom is -0.459 e. The molecule has 0 spiro atoms. The smallest absolute Gasteiger partial charge is 0.291 e. The molecule has 2 aromatic rings. The summed E-state index contributed by atoms with van der Waals surface area (Å²) in [5, 5.41) is 6.14. The summed E-state index contributed by atoms with van der Waals surface area (Å²) in [7, 11) is -3.18. The highest BCUT2D eigenvalue weighted by molar-refractivity contribution is 7.88. The largest absolute Gasteiger partial charge is 0.459 e. The number of hydrogen-bond donors (Lipinski definition) is 2. The SMILES string of the molecule is CS(=O)(=O)N1CCC(NC(=O)c2ccc(NC(=O)c3ccco3)s2)CC1. The van der Waals surface area contributed by atoms with Crippen molar-refractivity contribution in [2.24, 2.45) is 0 Å². The summed E-state index contributed by atoms with van der Waals surface area (Å²) in [5.41, 5.74) is 0. The van der Waals surface area contributed by atoms with Gasteiger partial charge in [0.25, 0.3) is 11.8 Å².